The highest BCUT2D eigenvalue weighted by molar-refractivity contribution is 5.85. The second-order valence-corrected chi connectivity index (χ2v) is 1.74. The Morgan fingerprint density at radius 1 is 1.75 bits per heavy atom. The van der Waals surface area contributed by atoms with Crippen LogP contribution < -0.4 is 5.73 Å². The highest BCUT2D eigenvalue weighted by atomic mass is 16.1. The van der Waals surface area contributed by atoms with Crippen molar-refractivity contribution in [3.8, 4) is 0 Å². The molecular formula is C6H12NO. The normalized spacial score (nSPS) is 9.25. The first-order chi connectivity index (χ1) is 3.81. The first-order valence-electron chi connectivity index (χ1n) is 2.89. The zero-order valence-electron chi connectivity index (χ0n) is 5.18. The van der Waals surface area contributed by atoms with Gasteiger partial charge in [0.1, 0.15) is 0 Å². The molecule has 0 bridgehead atoms. The Morgan fingerprint density at radius 2 is 2.38 bits per heavy atom. The molecule has 0 aromatic carbocycles. The molecular weight excluding hydrogens is 102 g/mol. The standard InChI is InChI=1S/C6H12NO/c1-2-3-4-6(8)5-7/h5H,2-4,7H2,1H3. The Labute approximate surface area is 50.1 Å². The fourth-order valence-electron chi connectivity index (χ4n) is 0.434. The number of hydrogen-bond donors (Lipinski definition) is 1. The summed E-state index contributed by atoms with van der Waals surface area (Å²) in [5.41, 5.74) is 4.94. The third-order valence-corrected chi connectivity index (χ3v) is 0.963. The van der Waals surface area contributed by atoms with Gasteiger partial charge in [0, 0.05) is 6.42 Å². The SMILES string of the molecule is CCCCC(=O)[CH]N. The van der Waals surface area contributed by atoms with E-state index < -0.39 is 0 Å². The topological polar surface area (TPSA) is 43.1 Å². The molecule has 0 aromatic rings. The number of nitrogens with two attached hydrogens (primary N) is 1. The van der Waals surface area contributed by atoms with E-state index in [-0.39, 0.29) is 5.78 Å². The summed E-state index contributed by atoms with van der Waals surface area (Å²) in [6, 6.07) is 0. The van der Waals surface area contributed by atoms with Crippen molar-refractivity contribution in [1.29, 1.82) is 0 Å². The molecule has 1 radical (unpaired) electrons. The zero-order chi connectivity index (χ0) is 6.41. The van der Waals surface area contributed by atoms with Crippen molar-refractivity contribution in [3.63, 3.8) is 0 Å². The van der Waals surface area contributed by atoms with Gasteiger partial charge in [0.05, 0.1) is 6.54 Å². The molecule has 0 unspecified atom stereocenters. The lowest BCUT2D eigenvalue weighted by atomic mass is 10.2. The largest absolute Gasteiger partial charge is 0.320 e. The van der Waals surface area contributed by atoms with Crippen molar-refractivity contribution < 1.29 is 4.79 Å². The fourth-order valence-corrected chi connectivity index (χ4v) is 0.434. The van der Waals surface area contributed by atoms with Crippen LogP contribution in [0.25, 0.3) is 0 Å². The minimum absolute atomic E-state index is 0.0480. The van der Waals surface area contributed by atoms with E-state index in [1.807, 2.05) is 6.92 Å². The lowest BCUT2D eigenvalue weighted by Gasteiger charge is -1.90. The summed E-state index contributed by atoms with van der Waals surface area (Å²) >= 11 is 0. The van der Waals surface area contributed by atoms with E-state index in [0.717, 1.165) is 19.4 Å². The molecule has 2 N–H and O–H groups in total. The molecule has 0 heterocycles. The molecule has 0 atom stereocenters. The summed E-state index contributed by atoms with van der Waals surface area (Å²) in [7, 11) is 0. The minimum Gasteiger partial charge on any atom is -0.320 e. The van der Waals surface area contributed by atoms with E-state index in [1.165, 1.54) is 0 Å². The van der Waals surface area contributed by atoms with Crippen molar-refractivity contribution in [1.82, 2.24) is 0 Å². The Balaban J connectivity index is 2.99. The molecule has 0 aliphatic heterocycles. The summed E-state index contributed by atoms with van der Waals surface area (Å²) in [5.74, 6) is 0.0480. The van der Waals surface area contributed by atoms with Crippen LogP contribution in [0.4, 0.5) is 0 Å². The van der Waals surface area contributed by atoms with Gasteiger partial charge in [-0.3, -0.25) is 4.79 Å². The average Bonchev–Trinajstić information content (AvgIpc) is 1.83. The number of carbonyl (C=O) groups excluding carboxylic acids is 1. The first-order valence-corrected chi connectivity index (χ1v) is 2.89. The van der Waals surface area contributed by atoms with Crippen molar-refractivity contribution in [3.05, 3.63) is 6.54 Å². The van der Waals surface area contributed by atoms with E-state index in [0.29, 0.717) is 6.42 Å². The Bertz CT molecular complexity index is 70.9. The van der Waals surface area contributed by atoms with Crippen molar-refractivity contribution in [2.75, 3.05) is 0 Å². The third-order valence-electron chi connectivity index (χ3n) is 0.963. The molecule has 0 aliphatic carbocycles. The van der Waals surface area contributed by atoms with Gasteiger partial charge in [0.2, 0.25) is 0 Å². The average molecular weight is 114 g/mol. The number of unbranched alkanes of at least 4 members (excludes halogenated alkanes) is 1. The second kappa shape index (κ2) is 4.78. The number of Topliss-reactive ketones (excluding diaryl/α,β-unsaturated/α-hetero) is 1. The molecule has 0 amide bonds. The summed E-state index contributed by atoms with van der Waals surface area (Å²) in [5, 5.41) is 0. The molecule has 0 fully saturated rings. The van der Waals surface area contributed by atoms with Crippen LogP contribution >= 0.6 is 0 Å². The highest BCUT2D eigenvalue weighted by Crippen LogP contribution is 1.94. The number of rotatable bonds is 4. The predicted molar refractivity (Wildman–Crippen MR) is 33.0 cm³/mol. The van der Waals surface area contributed by atoms with Crippen LogP contribution in [0.15, 0.2) is 0 Å². The van der Waals surface area contributed by atoms with Gasteiger partial charge in [-0.15, -0.1) is 0 Å². The summed E-state index contributed by atoms with van der Waals surface area (Å²) in [4.78, 5) is 10.4. The molecule has 47 valence electrons. The van der Waals surface area contributed by atoms with Gasteiger partial charge >= 0.3 is 0 Å². The lowest BCUT2D eigenvalue weighted by molar-refractivity contribution is -0.116. The van der Waals surface area contributed by atoms with E-state index in [2.05, 4.69) is 0 Å². The number of carbonyl (C=O) groups is 1. The predicted octanol–water partition coefficient (Wildman–Crippen LogP) is 0.866. The van der Waals surface area contributed by atoms with Gasteiger partial charge in [0.15, 0.2) is 5.78 Å². The molecule has 2 nitrogen and oxygen atoms in total. The first kappa shape index (κ1) is 7.63. The van der Waals surface area contributed by atoms with Gasteiger partial charge in [-0.2, -0.15) is 0 Å². The van der Waals surface area contributed by atoms with Crippen LogP contribution in [0.3, 0.4) is 0 Å². The van der Waals surface area contributed by atoms with Crippen LogP contribution in [0.5, 0.6) is 0 Å². The maximum absolute atomic E-state index is 10.4. The molecule has 0 saturated carbocycles. The van der Waals surface area contributed by atoms with E-state index in [4.69, 9.17) is 5.73 Å². The van der Waals surface area contributed by atoms with Crippen molar-refractivity contribution in [2.24, 2.45) is 5.73 Å². The van der Waals surface area contributed by atoms with Gasteiger partial charge in [-0.1, -0.05) is 13.3 Å². The van der Waals surface area contributed by atoms with Crippen molar-refractivity contribution in [2.45, 2.75) is 26.2 Å². The minimum atomic E-state index is 0.0480. The third kappa shape index (κ3) is 3.81. The fraction of sp³-hybridized carbons (Fsp3) is 0.667. The molecule has 2 heteroatoms. The van der Waals surface area contributed by atoms with Gasteiger partial charge in [0.25, 0.3) is 0 Å². The smallest absolute Gasteiger partial charge is 0.151 e. The van der Waals surface area contributed by atoms with Gasteiger partial charge < -0.3 is 5.73 Å². The monoisotopic (exact) mass is 114 g/mol. The quantitative estimate of drug-likeness (QED) is 0.589. The summed E-state index contributed by atoms with van der Waals surface area (Å²) in [6.07, 6.45) is 2.61. The van der Waals surface area contributed by atoms with Crippen molar-refractivity contribution >= 4 is 5.78 Å². The molecule has 0 saturated heterocycles. The molecule has 0 spiro atoms. The lowest BCUT2D eigenvalue weighted by Crippen LogP contribution is -2.05. The Hall–Kier alpha value is -0.370. The van der Waals surface area contributed by atoms with Gasteiger partial charge in [-0.05, 0) is 6.42 Å². The summed E-state index contributed by atoms with van der Waals surface area (Å²) in [6.45, 7) is 3.18. The van der Waals surface area contributed by atoms with Gasteiger partial charge in [-0.25, -0.2) is 0 Å². The highest BCUT2D eigenvalue weighted by Gasteiger charge is 1.94. The molecule has 8 heavy (non-hydrogen) atoms. The van der Waals surface area contributed by atoms with E-state index >= 15 is 0 Å². The summed E-state index contributed by atoms with van der Waals surface area (Å²) < 4.78 is 0. The van der Waals surface area contributed by atoms with E-state index in [1.54, 1.807) is 0 Å². The number of ketones is 1. The maximum Gasteiger partial charge on any atom is 0.151 e. The molecule has 0 rings (SSSR count). The Morgan fingerprint density at radius 3 is 2.75 bits per heavy atom. The van der Waals surface area contributed by atoms with Crippen LogP contribution in [0.2, 0.25) is 0 Å². The van der Waals surface area contributed by atoms with Crippen LogP contribution in [-0.4, -0.2) is 5.78 Å². The second-order valence-electron chi connectivity index (χ2n) is 1.74. The molecule has 0 aliphatic rings. The molecule has 0 aromatic heterocycles. The van der Waals surface area contributed by atoms with Crippen LogP contribution in [-0.2, 0) is 4.79 Å². The van der Waals surface area contributed by atoms with E-state index in [9.17, 15) is 4.79 Å². The van der Waals surface area contributed by atoms with Crippen LogP contribution in [0, 0.1) is 6.54 Å². The zero-order valence-corrected chi connectivity index (χ0v) is 5.18. The number of hydrogen-bond acceptors (Lipinski definition) is 2. The Kier molecular flexibility index (Phi) is 4.56. The maximum atomic E-state index is 10.4. The van der Waals surface area contributed by atoms with Crippen LogP contribution in [0.1, 0.15) is 26.2 Å².